The molecule has 0 atom stereocenters. The van der Waals surface area contributed by atoms with Gasteiger partial charge in [-0.1, -0.05) is 177 Å². The van der Waals surface area contributed by atoms with E-state index in [-0.39, 0.29) is 35.1 Å². The first kappa shape index (κ1) is 62.2. The van der Waals surface area contributed by atoms with Crippen LogP contribution in [0, 0.1) is 48.5 Å². The summed E-state index contributed by atoms with van der Waals surface area (Å²) in [5.41, 5.74) is 34.4. The van der Waals surface area contributed by atoms with Gasteiger partial charge in [0, 0.05) is 68.9 Å². The van der Waals surface area contributed by atoms with Crippen LogP contribution in [-0.4, -0.2) is 13.4 Å². The number of hydrogen-bond donors (Lipinski definition) is 0. The molecule has 0 N–H and O–H groups in total. The molecule has 9 heteroatoms. The Kier molecular flexibility index (Phi) is 13.6. The van der Waals surface area contributed by atoms with Crippen LogP contribution in [0.25, 0.3) is 11.0 Å². The Balaban J connectivity index is 0.910. The van der Waals surface area contributed by atoms with Crippen molar-refractivity contribution in [3.05, 3.63) is 261 Å². The highest BCUT2D eigenvalue weighted by atomic mass is 16.5. The number of nitrogens with zero attached hydrogens (tertiary/aromatic N) is 4. The maximum absolute atomic E-state index is 7.83. The van der Waals surface area contributed by atoms with Gasteiger partial charge in [-0.3, -0.25) is 0 Å². The molecule has 0 amide bonds. The lowest BCUT2D eigenvalue weighted by atomic mass is 9.32. The summed E-state index contributed by atoms with van der Waals surface area (Å²) in [5, 5.41) is 1.08. The molecule has 0 spiro atoms. The third kappa shape index (κ3) is 9.18. The third-order valence-electron chi connectivity index (χ3n) is 24.1. The normalized spacial score (nSPS) is 16.4. The fourth-order valence-corrected chi connectivity index (χ4v) is 18.5. The molecule has 6 aliphatic rings. The average Bonchev–Trinajstić information content (AvgIpc) is 1.33. The quantitative estimate of drug-likeness (QED) is 0.140. The molecule has 0 radical (unpaired) electrons. The predicted molar refractivity (Wildman–Crippen MR) is 421 cm³/mol. The van der Waals surface area contributed by atoms with Gasteiger partial charge in [0.1, 0.15) is 28.6 Å². The van der Waals surface area contributed by atoms with Crippen molar-refractivity contribution in [3.8, 4) is 23.0 Å². The molecule has 5 heterocycles. The Bertz CT molecular complexity index is 5460. The molecule has 11 aromatic carbocycles. The van der Waals surface area contributed by atoms with Gasteiger partial charge in [-0.05, 0) is 240 Å². The molecule has 4 aliphatic heterocycles. The summed E-state index contributed by atoms with van der Waals surface area (Å²) >= 11 is 0. The molecule has 0 bridgehead atoms. The smallest absolute Gasteiger partial charge is 0.301 e. The van der Waals surface area contributed by atoms with Crippen molar-refractivity contribution in [1.29, 1.82) is 0 Å². The third-order valence-corrected chi connectivity index (χ3v) is 24.1. The second kappa shape index (κ2) is 21.9. The molecule has 18 rings (SSSR count). The van der Waals surface area contributed by atoms with Gasteiger partial charge in [0.2, 0.25) is 0 Å². The van der Waals surface area contributed by atoms with Crippen molar-refractivity contribution in [1.82, 2.24) is 0 Å². The van der Waals surface area contributed by atoms with Crippen molar-refractivity contribution in [2.75, 3.05) is 19.6 Å². The minimum absolute atomic E-state index is 0.0171. The molecular formula is C91H86B2N4O3. The van der Waals surface area contributed by atoms with Crippen LogP contribution in [0.5, 0.6) is 23.0 Å². The predicted octanol–water partition coefficient (Wildman–Crippen LogP) is 21.0. The van der Waals surface area contributed by atoms with Crippen LogP contribution < -0.4 is 62.0 Å². The zero-order chi connectivity index (χ0) is 69.0. The van der Waals surface area contributed by atoms with Crippen molar-refractivity contribution < 1.29 is 13.9 Å². The highest BCUT2D eigenvalue weighted by molar-refractivity contribution is 7.01. The Hall–Kier alpha value is -10.1. The Morgan fingerprint density at radius 2 is 0.780 bits per heavy atom. The lowest BCUT2D eigenvalue weighted by Gasteiger charge is -2.44. The summed E-state index contributed by atoms with van der Waals surface area (Å²) in [5.74, 6) is 3.10. The van der Waals surface area contributed by atoms with Gasteiger partial charge in [0.25, 0.3) is 6.71 Å². The van der Waals surface area contributed by atoms with Gasteiger partial charge in [-0.15, -0.1) is 0 Å². The van der Waals surface area contributed by atoms with E-state index in [1.807, 2.05) is 0 Å². The van der Waals surface area contributed by atoms with E-state index in [2.05, 4.69) is 324 Å². The molecule has 2 aliphatic carbocycles. The van der Waals surface area contributed by atoms with Crippen LogP contribution in [0.4, 0.5) is 68.2 Å². The van der Waals surface area contributed by atoms with Gasteiger partial charge in [-0.25, -0.2) is 0 Å². The zero-order valence-corrected chi connectivity index (χ0v) is 60.5. The minimum atomic E-state index is -0.382. The molecule has 0 unspecified atom stereocenters. The van der Waals surface area contributed by atoms with E-state index in [1.54, 1.807) is 0 Å². The largest absolute Gasteiger partial charge is 0.468 e. The molecule has 494 valence electrons. The Morgan fingerprint density at radius 1 is 0.350 bits per heavy atom. The standard InChI is InChI=1S/C91H86B2N4O3/c1-53-25-16-19-34-72(53)96(83-55(3)27-22-28-56(83)4)62-47-75-81-79(49-62)98-77-52-78-71(51-70(77)92(81)69-33-18-21-36-74(69)94(75)60-37-39-65-67(45-60)90(12,13)43-41-88(65,8)9)93-82-76(48-63(50-80(82)99-78)97(73-35-20-17-26-54(73)2)84-57(5)29-23-30-58(84)6)95(85-64-32-24-31-59(7)86(64)100-87(85)93)61-38-40-66-68(46-61)91(14,15)44-42-89(66,10)11/h16-40,45-52H,41-44H2,1-15H3. The number of aryl methyl sites for hydroxylation is 7. The summed E-state index contributed by atoms with van der Waals surface area (Å²) in [6.07, 6.45) is 4.49. The van der Waals surface area contributed by atoms with E-state index in [0.717, 1.165) is 161 Å². The van der Waals surface area contributed by atoms with E-state index in [4.69, 9.17) is 13.9 Å². The van der Waals surface area contributed by atoms with Crippen LogP contribution in [0.2, 0.25) is 0 Å². The van der Waals surface area contributed by atoms with Gasteiger partial charge in [-0.2, -0.15) is 0 Å². The number of ether oxygens (including phenoxy) is 2. The lowest BCUT2D eigenvalue weighted by molar-refractivity contribution is 0.332. The molecular weight excluding hydrogens is 1220 g/mol. The molecule has 100 heavy (non-hydrogen) atoms. The van der Waals surface area contributed by atoms with E-state index in [0.29, 0.717) is 0 Å². The molecule has 0 saturated carbocycles. The van der Waals surface area contributed by atoms with Gasteiger partial charge >= 0.3 is 6.71 Å². The van der Waals surface area contributed by atoms with Gasteiger partial charge in [0.05, 0.1) is 34.1 Å². The first-order valence-electron chi connectivity index (χ1n) is 36.2. The second-order valence-electron chi connectivity index (χ2n) is 32.5. The lowest BCUT2D eigenvalue weighted by Crippen LogP contribution is -2.63. The number of fused-ring (bicyclic) bond motifs is 12. The summed E-state index contributed by atoms with van der Waals surface area (Å²) in [6, 6.07) is 75.6. The Morgan fingerprint density at radius 3 is 1.31 bits per heavy atom. The first-order chi connectivity index (χ1) is 48.0. The number of para-hydroxylation sites is 6. The minimum Gasteiger partial charge on any atom is -0.468 e. The fourth-order valence-electron chi connectivity index (χ4n) is 18.5. The fraction of sp³-hybridized carbons (Fsp3) is 0.253. The Labute approximate surface area is 591 Å². The van der Waals surface area contributed by atoms with Crippen LogP contribution in [-0.2, 0) is 21.7 Å². The van der Waals surface area contributed by atoms with Gasteiger partial charge < -0.3 is 33.5 Å². The SMILES string of the molecule is Cc1ccccc1N(c1cc2c3c(c1)N(c1ccc4c(c1)C(C)(C)CCC4(C)C)c1ccccc1B3c1cc3c(cc1O2)Oc1cc(N(c2ccccc2C)c2c(C)cccc2C)cc2c1B3c1oc3c(C)cccc3c1N2c1ccc2c(c1)C(C)(C)CCC2(C)C)c1c(C)cccc1C. The summed E-state index contributed by atoms with van der Waals surface area (Å²) in [4.78, 5) is 10.1. The topological polar surface area (TPSA) is 44.6 Å². The van der Waals surface area contributed by atoms with E-state index in [1.165, 1.54) is 61.1 Å². The number of furan rings is 1. The molecule has 12 aromatic rings. The summed E-state index contributed by atoms with van der Waals surface area (Å²) < 4.78 is 23.3. The highest BCUT2D eigenvalue weighted by Gasteiger charge is 2.51. The van der Waals surface area contributed by atoms with E-state index in [9.17, 15) is 0 Å². The van der Waals surface area contributed by atoms with Crippen LogP contribution in [0.15, 0.2) is 205 Å². The van der Waals surface area contributed by atoms with E-state index >= 15 is 0 Å². The first-order valence-corrected chi connectivity index (χ1v) is 36.2. The van der Waals surface area contributed by atoms with Crippen LogP contribution >= 0.6 is 0 Å². The van der Waals surface area contributed by atoms with Crippen molar-refractivity contribution in [3.63, 3.8) is 0 Å². The average molecular weight is 1310 g/mol. The number of benzene rings is 11. The number of hydrogen-bond acceptors (Lipinski definition) is 7. The second-order valence-corrected chi connectivity index (χ2v) is 32.5. The summed E-state index contributed by atoms with van der Waals surface area (Å²) in [6.45, 7) is 34.4. The van der Waals surface area contributed by atoms with E-state index < -0.39 is 0 Å². The number of anilines is 12. The monoisotopic (exact) mass is 1300 g/mol. The molecule has 1 aromatic heterocycles. The zero-order valence-electron chi connectivity index (χ0n) is 60.5. The van der Waals surface area contributed by atoms with Crippen molar-refractivity contribution >= 4 is 126 Å². The number of rotatable bonds is 8. The van der Waals surface area contributed by atoms with Crippen LogP contribution in [0.3, 0.4) is 0 Å². The molecule has 0 saturated heterocycles. The van der Waals surface area contributed by atoms with Crippen molar-refractivity contribution in [2.45, 2.75) is 151 Å². The molecule has 0 fully saturated rings. The highest BCUT2D eigenvalue weighted by Crippen LogP contribution is 2.56. The van der Waals surface area contributed by atoms with Gasteiger partial charge in [0.15, 0.2) is 0 Å². The maximum Gasteiger partial charge on any atom is 0.301 e. The summed E-state index contributed by atoms with van der Waals surface area (Å²) in [7, 11) is 0. The molecule has 7 nitrogen and oxygen atoms in total. The maximum atomic E-state index is 7.83. The van der Waals surface area contributed by atoms with Crippen molar-refractivity contribution in [2.24, 2.45) is 0 Å². The van der Waals surface area contributed by atoms with Crippen LogP contribution in [0.1, 0.15) is 142 Å².